The molecule has 0 saturated carbocycles. The van der Waals surface area contributed by atoms with Gasteiger partial charge in [-0.05, 0) is 25.8 Å². The van der Waals surface area contributed by atoms with Crippen molar-refractivity contribution in [2.75, 3.05) is 11.9 Å². The van der Waals surface area contributed by atoms with Gasteiger partial charge in [-0.1, -0.05) is 13.8 Å². The lowest BCUT2D eigenvalue weighted by Gasteiger charge is -2.24. The molecule has 0 aliphatic carbocycles. The van der Waals surface area contributed by atoms with Gasteiger partial charge in [0.15, 0.2) is 11.9 Å². The van der Waals surface area contributed by atoms with Gasteiger partial charge in [-0.2, -0.15) is 4.98 Å². The Morgan fingerprint density at radius 2 is 2.19 bits per heavy atom. The predicted molar refractivity (Wildman–Crippen MR) is 89.5 cm³/mol. The first-order valence-corrected chi connectivity index (χ1v) is 8.44. The first kappa shape index (κ1) is 20.3. The summed E-state index contributed by atoms with van der Waals surface area (Å²) in [5, 5.41) is 21.4. The zero-order valence-corrected chi connectivity index (χ0v) is 14.9. The molecule has 0 radical (unpaired) electrons. The molecule has 0 bridgehead atoms. The number of carbonyl (C=O) groups excluding carboxylic acids is 1. The molecular weight excluding hydrogens is 349 g/mol. The van der Waals surface area contributed by atoms with Crippen LogP contribution in [0.3, 0.4) is 0 Å². The van der Waals surface area contributed by atoms with Crippen molar-refractivity contribution in [2.45, 2.75) is 63.8 Å². The van der Waals surface area contributed by atoms with Gasteiger partial charge in [-0.15, -0.1) is 0 Å². The lowest BCUT2D eigenvalue weighted by Crippen LogP contribution is -2.42. The molecule has 1 saturated heterocycles. The van der Waals surface area contributed by atoms with Crippen LogP contribution in [0.5, 0.6) is 0 Å². The lowest BCUT2D eigenvalue weighted by atomic mass is 9.98. The van der Waals surface area contributed by atoms with Crippen molar-refractivity contribution >= 4 is 11.9 Å². The second kappa shape index (κ2) is 8.11. The molecule has 10 heteroatoms. The standard InChI is InChI=1S/C16H24FN3O6/c1-4-9(5-2)25-15(24)19-11-6-7-20(14(23)18-11)13-16(3,17)12(22)10(8-21)26-13/h6-7,9-10,12-13,21-22H,4-5,8H2,1-3H3,(H,18,19,23,24)/t10-,12-,13-,16-/m1/s1. The smallest absolute Gasteiger partial charge is 0.413 e. The van der Waals surface area contributed by atoms with E-state index in [1.807, 2.05) is 13.8 Å². The summed E-state index contributed by atoms with van der Waals surface area (Å²) in [5.41, 5.74) is -3.19. The number of hydrogen-bond acceptors (Lipinski definition) is 7. The van der Waals surface area contributed by atoms with E-state index in [9.17, 15) is 19.1 Å². The highest BCUT2D eigenvalue weighted by Crippen LogP contribution is 2.40. The molecule has 1 aromatic heterocycles. The zero-order valence-electron chi connectivity index (χ0n) is 14.9. The van der Waals surface area contributed by atoms with E-state index in [4.69, 9.17) is 14.6 Å². The van der Waals surface area contributed by atoms with E-state index in [1.54, 1.807) is 0 Å². The third-order valence-electron chi connectivity index (χ3n) is 4.39. The number of alkyl halides is 1. The number of rotatable bonds is 6. The molecule has 3 N–H and O–H groups in total. The summed E-state index contributed by atoms with van der Waals surface area (Å²) in [7, 11) is 0. The van der Waals surface area contributed by atoms with Crippen molar-refractivity contribution < 1.29 is 28.9 Å². The van der Waals surface area contributed by atoms with Gasteiger partial charge in [0.1, 0.15) is 24.1 Å². The molecule has 1 fully saturated rings. The fraction of sp³-hybridized carbons (Fsp3) is 0.688. The van der Waals surface area contributed by atoms with Crippen molar-refractivity contribution in [2.24, 2.45) is 0 Å². The maximum atomic E-state index is 14.7. The summed E-state index contributed by atoms with van der Waals surface area (Å²) in [6.45, 7) is 4.24. The number of nitrogens with one attached hydrogen (secondary N) is 1. The molecule has 0 spiro atoms. The van der Waals surface area contributed by atoms with E-state index in [2.05, 4.69) is 10.3 Å². The van der Waals surface area contributed by atoms with Crippen molar-refractivity contribution in [1.82, 2.24) is 9.55 Å². The summed E-state index contributed by atoms with van der Waals surface area (Å²) >= 11 is 0. The van der Waals surface area contributed by atoms with E-state index in [1.165, 1.54) is 12.3 Å². The molecule has 26 heavy (non-hydrogen) atoms. The van der Waals surface area contributed by atoms with Crippen molar-refractivity contribution in [3.63, 3.8) is 0 Å². The summed E-state index contributed by atoms with van der Waals surface area (Å²) < 4.78 is 26.0. The van der Waals surface area contributed by atoms with Gasteiger partial charge in [0.25, 0.3) is 0 Å². The quantitative estimate of drug-likeness (QED) is 0.679. The average Bonchev–Trinajstić information content (AvgIpc) is 2.83. The van der Waals surface area contributed by atoms with E-state index in [-0.39, 0.29) is 11.9 Å². The summed E-state index contributed by atoms with van der Waals surface area (Å²) in [6, 6.07) is 1.29. The van der Waals surface area contributed by atoms with E-state index in [0.29, 0.717) is 12.8 Å². The van der Waals surface area contributed by atoms with Gasteiger partial charge in [0.05, 0.1) is 6.61 Å². The fourth-order valence-electron chi connectivity index (χ4n) is 2.76. The van der Waals surface area contributed by atoms with Gasteiger partial charge < -0.3 is 19.7 Å². The maximum Gasteiger partial charge on any atom is 0.413 e. The number of aliphatic hydroxyl groups is 2. The van der Waals surface area contributed by atoms with E-state index >= 15 is 0 Å². The van der Waals surface area contributed by atoms with E-state index < -0.39 is 42.5 Å². The third-order valence-corrected chi connectivity index (χ3v) is 4.39. The van der Waals surface area contributed by atoms with Gasteiger partial charge in [-0.3, -0.25) is 9.88 Å². The largest absolute Gasteiger partial charge is 0.446 e. The van der Waals surface area contributed by atoms with Crippen LogP contribution in [0.1, 0.15) is 39.8 Å². The highest BCUT2D eigenvalue weighted by atomic mass is 19.1. The molecule has 2 rings (SSSR count). The Balaban J connectivity index is 2.15. The Bertz CT molecular complexity index is 691. The zero-order chi connectivity index (χ0) is 19.5. The van der Waals surface area contributed by atoms with Crippen molar-refractivity contribution in [1.29, 1.82) is 0 Å². The van der Waals surface area contributed by atoms with Crippen LogP contribution in [0.4, 0.5) is 15.0 Å². The number of nitrogens with zero attached hydrogens (tertiary/aromatic N) is 2. The molecule has 2 heterocycles. The number of amides is 1. The number of aliphatic hydroxyl groups excluding tert-OH is 2. The van der Waals surface area contributed by atoms with E-state index in [0.717, 1.165) is 11.5 Å². The van der Waals surface area contributed by atoms with Crippen LogP contribution in [0.15, 0.2) is 17.1 Å². The molecule has 1 amide bonds. The number of hydrogen-bond donors (Lipinski definition) is 3. The molecule has 4 atom stereocenters. The SMILES string of the molecule is CCC(CC)OC(=O)Nc1ccn([C@@H]2O[C@H](CO)[C@@H](O)[C@@]2(C)F)c(=O)n1. The van der Waals surface area contributed by atoms with Gasteiger partial charge in [0, 0.05) is 6.20 Å². The second-order valence-electron chi connectivity index (χ2n) is 6.28. The first-order chi connectivity index (χ1) is 12.2. The monoisotopic (exact) mass is 373 g/mol. The van der Waals surface area contributed by atoms with Gasteiger partial charge in [0.2, 0.25) is 0 Å². The number of ether oxygens (including phenoxy) is 2. The Morgan fingerprint density at radius 1 is 1.54 bits per heavy atom. The molecule has 0 aromatic carbocycles. The lowest BCUT2D eigenvalue weighted by molar-refractivity contribution is -0.0610. The highest BCUT2D eigenvalue weighted by molar-refractivity contribution is 5.83. The summed E-state index contributed by atoms with van der Waals surface area (Å²) in [6.07, 6.45) is -2.70. The van der Waals surface area contributed by atoms with Crippen molar-refractivity contribution in [3.8, 4) is 0 Å². The van der Waals surface area contributed by atoms with Crippen LogP contribution >= 0.6 is 0 Å². The Hall–Kier alpha value is -2.04. The van der Waals surface area contributed by atoms with Gasteiger partial charge >= 0.3 is 11.8 Å². The normalized spacial score (nSPS) is 28.3. The Labute approximate surface area is 149 Å². The van der Waals surface area contributed by atoms with Crippen LogP contribution in [0, 0.1) is 0 Å². The minimum absolute atomic E-state index is 0.0555. The Kier molecular flexibility index (Phi) is 6.32. The summed E-state index contributed by atoms with van der Waals surface area (Å²) in [4.78, 5) is 27.7. The molecule has 1 aliphatic heterocycles. The van der Waals surface area contributed by atoms with Crippen LogP contribution in [-0.4, -0.2) is 56.4 Å². The number of aromatic nitrogens is 2. The fourth-order valence-corrected chi connectivity index (χ4v) is 2.76. The topological polar surface area (TPSA) is 123 Å². The molecule has 9 nitrogen and oxygen atoms in total. The molecular formula is C16H24FN3O6. The molecule has 0 unspecified atom stereocenters. The minimum atomic E-state index is -2.30. The number of anilines is 1. The minimum Gasteiger partial charge on any atom is -0.446 e. The predicted octanol–water partition coefficient (Wildman–Crippen LogP) is 0.959. The molecule has 146 valence electrons. The van der Waals surface area contributed by atoms with Crippen LogP contribution in [0.2, 0.25) is 0 Å². The van der Waals surface area contributed by atoms with Crippen LogP contribution < -0.4 is 11.0 Å². The molecule has 1 aliphatic rings. The first-order valence-electron chi connectivity index (χ1n) is 8.44. The average molecular weight is 373 g/mol. The van der Waals surface area contributed by atoms with Crippen LogP contribution in [0.25, 0.3) is 0 Å². The molecule has 1 aromatic rings. The second-order valence-corrected chi connectivity index (χ2v) is 6.28. The summed E-state index contributed by atoms with van der Waals surface area (Å²) in [5.74, 6) is -0.0555. The highest BCUT2D eigenvalue weighted by Gasteiger charge is 2.55. The number of carbonyl (C=O) groups is 1. The van der Waals surface area contributed by atoms with Crippen molar-refractivity contribution in [3.05, 3.63) is 22.7 Å². The number of halogens is 1. The van der Waals surface area contributed by atoms with Crippen LogP contribution in [-0.2, 0) is 9.47 Å². The van der Waals surface area contributed by atoms with Gasteiger partial charge in [-0.25, -0.2) is 14.0 Å². The Morgan fingerprint density at radius 3 is 2.69 bits per heavy atom. The third kappa shape index (κ3) is 4.02. The maximum absolute atomic E-state index is 14.7.